The number of aromatic amines is 1. The molecule has 1 aromatic carbocycles. The molecule has 0 amide bonds. The topological polar surface area (TPSA) is 61.9 Å². The fourth-order valence-electron chi connectivity index (χ4n) is 3.04. The first kappa shape index (κ1) is 14.1. The van der Waals surface area contributed by atoms with Gasteiger partial charge in [0, 0.05) is 18.3 Å². The molecule has 1 aliphatic rings. The molecule has 0 saturated carbocycles. The number of H-pyrrole nitrogens is 1. The normalized spacial score (nSPS) is 14.1. The van der Waals surface area contributed by atoms with Gasteiger partial charge in [-0.1, -0.05) is 17.7 Å². The maximum atomic E-state index is 14.4. The van der Waals surface area contributed by atoms with E-state index in [1.807, 2.05) is 11.0 Å². The third kappa shape index (κ3) is 2.26. The molecule has 0 saturated heterocycles. The lowest BCUT2D eigenvalue weighted by Crippen LogP contribution is -2.28. The number of hydrogen-bond donors (Lipinski definition) is 1. The molecule has 23 heavy (non-hydrogen) atoms. The third-order valence-corrected chi connectivity index (χ3v) is 4.35. The number of nitrogens with zero attached hydrogens (tertiary/aromatic N) is 3. The van der Waals surface area contributed by atoms with Crippen LogP contribution in [-0.2, 0) is 6.42 Å². The van der Waals surface area contributed by atoms with Crippen molar-refractivity contribution in [2.45, 2.75) is 12.8 Å². The summed E-state index contributed by atoms with van der Waals surface area (Å²) in [6.07, 6.45) is 3.22. The van der Waals surface area contributed by atoms with Gasteiger partial charge in [0.1, 0.15) is 11.0 Å². The Bertz CT molecular complexity index is 972. The highest BCUT2D eigenvalue weighted by molar-refractivity contribution is 6.30. The summed E-state index contributed by atoms with van der Waals surface area (Å²) in [6.45, 7) is 0.632. The smallest absolute Gasteiger partial charge is 0.325 e. The Hall–Kier alpha value is -2.47. The summed E-state index contributed by atoms with van der Waals surface area (Å²) in [5.74, 6) is -0.112. The first-order valence-electron chi connectivity index (χ1n) is 7.24. The van der Waals surface area contributed by atoms with Crippen molar-refractivity contribution in [3.63, 3.8) is 0 Å². The minimum atomic E-state index is -0.509. The van der Waals surface area contributed by atoms with E-state index in [0.717, 1.165) is 24.1 Å². The van der Waals surface area contributed by atoms with E-state index in [-0.39, 0.29) is 0 Å². The monoisotopic (exact) mass is 330 g/mol. The highest BCUT2D eigenvalue weighted by Gasteiger charge is 2.24. The average molecular weight is 331 g/mol. The van der Waals surface area contributed by atoms with Crippen LogP contribution >= 0.6 is 11.6 Å². The second kappa shape index (κ2) is 5.31. The van der Waals surface area contributed by atoms with E-state index in [1.54, 1.807) is 18.3 Å². The summed E-state index contributed by atoms with van der Waals surface area (Å²) in [7, 11) is 0. The predicted molar refractivity (Wildman–Crippen MR) is 86.9 cm³/mol. The van der Waals surface area contributed by atoms with Crippen LogP contribution in [0.5, 0.6) is 0 Å². The molecule has 0 unspecified atom stereocenters. The van der Waals surface area contributed by atoms with E-state index in [2.05, 4.69) is 15.0 Å². The van der Waals surface area contributed by atoms with Gasteiger partial charge in [-0.3, -0.25) is 0 Å². The Morgan fingerprint density at radius 3 is 3.04 bits per heavy atom. The number of aromatic nitrogens is 3. The number of halogens is 2. The molecule has 3 aromatic rings. The molecule has 2 aromatic heterocycles. The number of fused-ring (bicyclic) bond motifs is 2. The Balaban J connectivity index is 2.02. The Labute approximate surface area is 135 Å². The van der Waals surface area contributed by atoms with Crippen molar-refractivity contribution < 1.29 is 4.39 Å². The largest absolute Gasteiger partial charge is 0.347 e. The van der Waals surface area contributed by atoms with Gasteiger partial charge in [0.25, 0.3) is 0 Å². The van der Waals surface area contributed by atoms with E-state index in [1.165, 1.54) is 6.07 Å². The third-order valence-electron chi connectivity index (χ3n) is 4.02. The zero-order valence-corrected chi connectivity index (χ0v) is 12.8. The van der Waals surface area contributed by atoms with Crippen molar-refractivity contribution in [1.82, 2.24) is 15.0 Å². The minimum Gasteiger partial charge on any atom is -0.325 e. The molecule has 1 N–H and O–H groups in total. The molecule has 0 fully saturated rings. The second-order valence-electron chi connectivity index (χ2n) is 5.38. The molecule has 3 heterocycles. The molecule has 0 radical (unpaired) electrons. The second-order valence-corrected chi connectivity index (χ2v) is 5.74. The summed E-state index contributed by atoms with van der Waals surface area (Å²) in [4.78, 5) is 24.4. The van der Waals surface area contributed by atoms with Crippen molar-refractivity contribution >= 4 is 34.0 Å². The number of hydrogen-bond acceptors (Lipinski definition) is 4. The summed E-state index contributed by atoms with van der Waals surface area (Å²) in [6, 6.07) is 6.39. The summed E-state index contributed by atoms with van der Waals surface area (Å²) in [5.41, 5.74) is 1.63. The quantitative estimate of drug-likeness (QED) is 0.696. The molecule has 5 nitrogen and oxygen atoms in total. The van der Waals surface area contributed by atoms with Gasteiger partial charge in [-0.2, -0.15) is 4.98 Å². The van der Waals surface area contributed by atoms with Crippen molar-refractivity contribution in [1.29, 1.82) is 0 Å². The fraction of sp³-hybridized carbons (Fsp3) is 0.188. The predicted octanol–water partition coefficient (Wildman–Crippen LogP) is 3.19. The van der Waals surface area contributed by atoms with Crippen LogP contribution in [0.15, 0.2) is 35.3 Å². The molecule has 4 rings (SSSR count). The Morgan fingerprint density at radius 1 is 1.30 bits per heavy atom. The van der Waals surface area contributed by atoms with E-state index < -0.39 is 11.5 Å². The summed E-state index contributed by atoms with van der Waals surface area (Å²) < 4.78 is 14.4. The zero-order valence-electron chi connectivity index (χ0n) is 12.0. The van der Waals surface area contributed by atoms with Gasteiger partial charge in [-0.25, -0.2) is 14.2 Å². The lowest BCUT2D eigenvalue weighted by atomic mass is 10.0. The van der Waals surface area contributed by atoms with Crippen LogP contribution in [0, 0.1) is 5.82 Å². The number of nitrogens with one attached hydrogen (secondary N) is 1. The van der Waals surface area contributed by atoms with Crippen LogP contribution in [0.2, 0.25) is 5.15 Å². The lowest BCUT2D eigenvalue weighted by molar-refractivity contribution is 0.638. The zero-order chi connectivity index (χ0) is 16.0. The van der Waals surface area contributed by atoms with Crippen LogP contribution in [0.1, 0.15) is 12.0 Å². The van der Waals surface area contributed by atoms with Crippen LogP contribution in [0.25, 0.3) is 10.9 Å². The first-order valence-corrected chi connectivity index (χ1v) is 7.62. The van der Waals surface area contributed by atoms with Gasteiger partial charge in [0.15, 0.2) is 5.82 Å². The number of benzene rings is 1. The highest BCUT2D eigenvalue weighted by atomic mass is 35.5. The molecule has 1 aliphatic heterocycles. The summed E-state index contributed by atoms with van der Waals surface area (Å²) >= 11 is 6.18. The van der Waals surface area contributed by atoms with E-state index in [9.17, 15) is 9.18 Å². The molecular weight excluding hydrogens is 319 g/mol. The Morgan fingerprint density at radius 2 is 2.17 bits per heavy atom. The molecule has 0 spiro atoms. The number of anilines is 2. The maximum Gasteiger partial charge on any atom is 0.347 e. The highest BCUT2D eigenvalue weighted by Crippen LogP contribution is 2.37. The van der Waals surface area contributed by atoms with Crippen LogP contribution in [-0.4, -0.2) is 21.5 Å². The van der Waals surface area contributed by atoms with Crippen molar-refractivity contribution in [2.75, 3.05) is 11.4 Å². The van der Waals surface area contributed by atoms with Gasteiger partial charge in [-0.05, 0) is 31.0 Å². The molecule has 116 valence electrons. The van der Waals surface area contributed by atoms with Gasteiger partial charge in [0.2, 0.25) is 0 Å². The van der Waals surface area contributed by atoms with E-state index in [0.29, 0.717) is 28.4 Å². The summed E-state index contributed by atoms with van der Waals surface area (Å²) in [5, 5.41) is 0.731. The van der Waals surface area contributed by atoms with Crippen LogP contribution < -0.4 is 10.6 Å². The molecule has 0 aliphatic carbocycles. The molecule has 0 bridgehead atoms. The Kier molecular flexibility index (Phi) is 3.27. The molecular formula is C16H12ClFN4O. The molecule has 7 heteroatoms. The number of pyridine rings is 1. The average Bonchev–Trinajstić information content (AvgIpc) is 2.54. The van der Waals surface area contributed by atoms with E-state index >= 15 is 0 Å². The van der Waals surface area contributed by atoms with Crippen molar-refractivity contribution in [3.05, 3.63) is 57.5 Å². The van der Waals surface area contributed by atoms with E-state index in [4.69, 9.17) is 11.6 Å². The van der Waals surface area contributed by atoms with Crippen molar-refractivity contribution in [2.24, 2.45) is 0 Å². The maximum absolute atomic E-state index is 14.4. The number of rotatable bonds is 1. The minimum absolute atomic E-state index is 0.299. The SMILES string of the molecule is O=c1nc(N2CCCc3c2ccnc3Cl)c2c(F)cccc2[nH]1. The van der Waals surface area contributed by atoms with Gasteiger partial charge < -0.3 is 9.88 Å². The first-order chi connectivity index (χ1) is 11.1. The van der Waals surface area contributed by atoms with Crippen molar-refractivity contribution in [3.8, 4) is 0 Å². The van der Waals surface area contributed by atoms with Gasteiger partial charge in [-0.15, -0.1) is 0 Å². The lowest BCUT2D eigenvalue weighted by Gasteiger charge is -2.31. The van der Waals surface area contributed by atoms with Gasteiger partial charge in [0.05, 0.1) is 16.6 Å². The fourth-order valence-corrected chi connectivity index (χ4v) is 3.29. The van der Waals surface area contributed by atoms with Crippen LogP contribution in [0.3, 0.4) is 0 Å². The van der Waals surface area contributed by atoms with Gasteiger partial charge >= 0.3 is 5.69 Å². The standard InChI is InChI=1S/C16H12ClFN4O/c17-14-9-3-2-8-22(12(9)6-7-19-14)15-13-10(18)4-1-5-11(13)20-16(23)21-15/h1,4-7H,2-3,8H2,(H,20,21,23). The van der Waals surface area contributed by atoms with Crippen LogP contribution in [0.4, 0.5) is 15.9 Å². The molecule has 0 atom stereocenters.